The number of hydrogen-bond acceptors (Lipinski definition) is 3. The van der Waals surface area contributed by atoms with Crippen LogP contribution in [0.15, 0.2) is 85.2 Å². The minimum Gasteiger partial charge on any atom is -0.288 e. The number of aromatic nitrogens is 2. The van der Waals surface area contributed by atoms with E-state index in [9.17, 15) is 31.1 Å². The molecule has 2 heterocycles. The zero-order chi connectivity index (χ0) is 24.5. The monoisotopic (exact) mass is 472 g/mol. The van der Waals surface area contributed by atoms with Crippen molar-refractivity contribution < 1.29 is 31.1 Å². The SMILES string of the molecule is O=C(c1ccc(-c2ccc(C(F)(F)F)cc2)nc1)c1ccc(-c2ccc(C(F)(F)F)cc2)nc1. The molecule has 0 saturated carbocycles. The Morgan fingerprint density at radius 3 is 1.15 bits per heavy atom. The Morgan fingerprint density at radius 2 is 0.882 bits per heavy atom. The van der Waals surface area contributed by atoms with Gasteiger partial charge in [-0.15, -0.1) is 0 Å². The Bertz CT molecular complexity index is 1190. The van der Waals surface area contributed by atoms with Gasteiger partial charge in [0.2, 0.25) is 0 Å². The molecule has 4 aromatic rings. The second-order valence-corrected chi connectivity index (χ2v) is 7.34. The maximum Gasteiger partial charge on any atom is 0.416 e. The number of halogens is 6. The average Bonchev–Trinajstić information content (AvgIpc) is 2.83. The standard InChI is InChI=1S/C25H14F6N2O/c26-24(27,28)19-7-1-15(2-8-19)21-11-5-17(13-32-21)23(34)18-6-12-22(33-14-18)16-3-9-20(10-4-16)25(29,30)31/h1-14H. The van der Waals surface area contributed by atoms with Crippen LogP contribution in [0.1, 0.15) is 27.0 Å². The average molecular weight is 472 g/mol. The van der Waals surface area contributed by atoms with Crippen LogP contribution in [0, 0.1) is 0 Å². The number of pyridine rings is 2. The summed E-state index contributed by atoms with van der Waals surface area (Å²) in [5.74, 6) is -0.377. The summed E-state index contributed by atoms with van der Waals surface area (Å²) in [6.45, 7) is 0. The van der Waals surface area contributed by atoms with Crippen LogP contribution in [0.3, 0.4) is 0 Å². The van der Waals surface area contributed by atoms with E-state index in [0.717, 1.165) is 24.3 Å². The van der Waals surface area contributed by atoms with Gasteiger partial charge in [0.05, 0.1) is 22.5 Å². The van der Waals surface area contributed by atoms with Crippen molar-refractivity contribution in [1.82, 2.24) is 9.97 Å². The smallest absolute Gasteiger partial charge is 0.288 e. The van der Waals surface area contributed by atoms with Gasteiger partial charge in [-0.25, -0.2) is 0 Å². The van der Waals surface area contributed by atoms with Gasteiger partial charge in [-0.1, -0.05) is 24.3 Å². The topological polar surface area (TPSA) is 42.9 Å². The molecule has 2 aromatic carbocycles. The summed E-state index contributed by atoms with van der Waals surface area (Å²) in [6.07, 6.45) is -6.23. The van der Waals surface area contributed by atoms with Gasteiger partial charge in [-0.3, -0.25) is 14.8 Å². The van der Waals surface area contributed by atoms with E-state index in [1.165, 1.54) is 60.9 Å². The third-order valence-electron chi connectivity index (χ3n) is 5.07. The summed E-state index contributed by atoms with van der Waals surface area (Å²) >= 11 is 0. The summed E-state index contributed by atoms with van der Waals surface area (Å²) in [7, 11) is 0. The first-order chi connectivity index (χ1) is 16.0. The predicted molar refractivity (Wildman–Crippen MR) is 113 cm³/mol. The number of hydrogen-bond donors (Lipinski definition) is 0. The van der Waals surface area contributed by atoms with Crippen LogP contribution in [0.4, 0.5) is 26.3 Å². The van der Waals surface area contributed by atoms with Gasteiger partial charge in [0.15, 0.2) is 5.78 Å². The Balaban J connectivity index is 1.49. The second-order valence-electron chi connectivity index (χ2n) is 7.34. The predicted octanol–water partition coefficient (Wildman–Crippen LogP) is 7.08. The van der Waals surface area contributed by atoms with Crippen LogP contribution < -0.4 is 0 Å². The van der Waals surface area contributed by atoms with Gasteiger partial charge in [0.1, 0.15) is 0 Å². The highest BCUT2D eigenvalue weighted by Gasteiger charge is 2.30. The molecular weight excluding hydrogens is 458 g/mol. The van der Waals surface area contributed by atoms with Crippen LogP contribution in [-0.2, 0) is 12.4 Å². The Kier molecular flexibility index (Phi) is 5.95. The molecule has 4 rings (SSSR count). The van der Waals surface area contributed by atoms with E-state index in [0.29, 0.717) is 22.5 Å². The fourth-order valence-electron chi connectivity index (χ4n) is 3.22. The molecule has 0 spiro atoms. The molecular formula is C25H14F6N2O. The summed E-state index contributed by atoms with van der Waals surface area (Å²) in [6, 6.07) is 15.1. The third kappa shape index (κ3) is 4.98. The van der Waals surface area contributed by atoms with Crippen molar-refractivity contribution in [2.24, 2.45) is 0 Å². The first kappa shape index (κ1) is 23.2. The number of alkyl halides is 6. The number of benzene rings is 2. The van der Waals surface area contributed by atoms with Crippen molar-refractivity contribution in [2.45, 2.75) is 12.4 Å². The lowest BCUT2D eigenvalue weighted by Gasteiger charge is -2.08. The van der Waals surface area contributed by atoms with E-state index in [2.05, 4.69) is 9.97 Å². The van der Waals surface area contributed by atoms with E-state index in [1.54, 1.807) is 0 Å². The van der Waals surface area contributed by atoms with E-state index in [-0.39, 0.29) is 16.9 Å². The maximum atomic E-state index is 12.7. The van der Waals surface area contributed by atoms with Crippen molar-refractivity contribution in [3.8, 4) is 22.5 Å². The van der Waals surface area contributed by atoms with Gasteiger partial charge in [0.25, 0.3) is 0 Å². The Morgan fingerprint density at radius 1 is 0.529 bits per heavy atom. The molecule has 0 aliphatic carbocycles. The lowest BCUT2D eigenvalue weighted by molar-refractivity contribution is -0.138. The first-order valence-electron chi connectivity index (χ1n) is 9.84. The van der Waals surface area contributed by atoms with E-state index in [1.807, 2.05) is 0 Å². The van der Waals surface area contributed by atoms with Gasteiger partial charge < -0.3 is 0 Å². The van der Waals surface area contributed by atoms with Crippen molar-refractivity contribution in [1.29, 1.82) is 0 Å². The third-order valence-corrected chi connectivity index (χ3v) is 5.07. The molecule has 0 bridgehead atoms. The lowest BCUT2D eigenvalue weighted by atomic mass is 10.0. The minimum atomic E-state index is -4.43. The van der Waals surface area contributed by atoms with Gasteiger partial charge >= 0.3 is 12.4 Å². The van der Waals surface area contributed by atoms with Crippen LogP contribution in [-0.4, -0.2) is 15.8 Å². The summed E-state index contributed by atoms with van der Waals surface area (Å²) < 4.78 is 76.2. The highest BCUT2D eigenvalue weighted by molar-refractivity contribution is 6.08. The second kappa shape index (κ2) is 8.74. The molecule has 172 valence electrons. The maximum absolute atomic E-state index is 12.7. The van der Waals surface area contributed by atoms with Crippen molar-refractivity contribution >= 4 is 5.78 Å². The number of ketones is 1. The highest BCUT2D eigenvalue weighted by atomic mass is 19.4. The van der Waals surface area contributed by atoms with Crippen LogP contribution in [0.5, 0.6) is 0 Å². The molecule has 2 aromatic heterocycles. The van der Waals surface area contributed by atoms with Crippen LogP contribution in [0.2, 0.25) is 0 Å². The highest BCUT2D eigenvalue weighted by Crippen LogP contribution is 2.32. The number of carbonyl (C=O) groups excluding carboxylic acids is 1. The first-order valence-corrected chi connectivity index (χ1v) is 9.84. The fraction of sp³-hybridized carbons (Fsp3) is 0.0800. The molecule has 3 nitrogen and oxygen atoms in total. The zero-order valence-electron chi connectivity index (χ0n) is 17.2. The van der Waals surface area contributed by atoms with Crippen molar-refractivity contribution in [3.63, 3.8) is 0 Å². The molecule has 0 amide bonds. The molecule has 0 N–H and O–H groups in total. The normalized spacial score (nSPS) is 11.9. The summed E-state index contributed by atoms with van der Waals surface area (Å²) in [5, 5.41) is 0. The number of nitrogens with zero attached hydrogens (tertiary/aromatic N) is 2. The van der Waals surface area contributed by atoms with E-state index >= 15 is 0 Å². The summed E-state index contributed by atoms with van der Waals surface area (Å²) in [4.78, 5) is 21.1. The van der Waals surface area contributed by atoms with Gasteiger partial charge in [-0.2, -0.15) is 26.3 Å². The van der Waals surface area contributed by atoms with E-state index in [4.69, 9.17) is 0 Å². The lowest BCUT2D eigenvalue weighted by Crippen LogP contribution is -2.05. The fourth-order valence-corrected chi connectivity index (χ4v) is 3.22. The van der Waals surface area contributed by atoms with Crippen LogP contribution >= 0.6 is 0 Å². The van der Waals surface area contributed by atoms with E-state index < -0.39 is 23.5 Å². The molecule has 0 unspecified atom stereocenters. The minimum absolute atomic E-state index is 0.250. The van der Waals surface area contributed by atoms with Crippen molar-refractivity contribution in [3.05, 3.63) is 107 Å². The molecule has 0 atom stereocenters. The summed E-state index contributed by atoms with van der Waals surface area (Å²) in [5.41, 5.74) is 0.705. The van der Waals surface area contributed by atoms with Crippen molar-refractivity contribution in [2.75, 3.05) is 0 Å². The Hall–Kier alpha value is -4.01. The molecule has 0 radical (unpaired) electrons. The van der Waals surface area contributed by atoms with Gasteiger partial charge in [0, 0.05) is 34.6 Å². The van der Waals surface area contributed by atoms with Crippen LogP contribution in [0.25, 0.3) is 22.5 Å². The Labute approximate surface area is 189 Å². The molecule has 0 saturated heterocycles. The molecule has 9 heteroatoms. The number of rotatable bonds is 4. The quantitative estimate of drug-likeness (QED) is 0.236. The zero-order valence-corrected chi connectivity index (χ0v) is 17.2. The molecule has 0 aliphatic heterocycles. The molecule has 0 aliphatic rings. The van der Waals surface area contributed by atoms with Gasteiger partial charge in [-0.05, 0) is 48.5 Å². The number of carbonyl (C=O) groups is 1. The largest absolute Gasteiger partial charge is 0.416 e. The molecule has 0 fully saturated rings. The molecule has 34 heavy (non-hydrogen) atoms.